The van der Waals surface area contributed by atoms with Crippen molar-refractivity contribution in [2.45, 2.75) is 19.4 Å². The lowest BCUT2D eigenvalue weighted by Crippen LogP contribution is -2.17. The van der Waals surface area contributed by atoms with Crippen LogP contribution in [-0.4, -0.2) is 15.1 Å². The van der Waals surface area contributed by atoms with Crippen molar-refractivity contribution < 1.29 is 9.50 Å². The Balaban J connectivity index is 1.88. The van der Waals surface area contributed by atoms with Gasteiger partial charge in [-0.25, -0.2) is 14.4 Å². The maximum Gasteiger partial charge on any atom is 0.160 e. The minimum Gasteiger partial charge on any atom is -0.384 e. The van der Waals surface area contributed by atoms with E-state index in [0.717, 1.165) is 22.1 Å². The minimum atomic E-state index is -1.04. The molecule has 4 aromatic rings. The van der Waals surface area contributed by atoms with Gasteiger partial charge in [0, 0.05) is 17.1 Å². The van der Waals surface area contributed by atoms with Crippen LogP contribution in [0.25, 0.3) is 33.3 Å². The third-order valence-corrected chi connectivity index (χ3v) is 4.59. The zero-order chi connectivity index (χ0) is 19.0. The molecule has 0 aliphatic carbocycles. The summed E-state index contributed by atoms with van der Waals surface area (Å²) in [5.41, 5.74) is 3.27. The van der Waals surface area contributed by atoms with Crippen LogP contribution in [0.15, 0.2) is 72.9 Å². The quantitative estimate of drug-likeness (QED) is 0.538. The molecule has 2 aromatic carbocycles. The van der Waals surface area contributed by atoms with Crippen molar-refractivity contribution in [3.8, 4) is 22.3 Å². The fraction of sp³-hybridized carbons (Fsp3) is 0.130. The first-order chi connectivity index (χ1) is 12.9. The van der Waals surface area contributed by atoms with Gasteiger partial charge in [0.05, 0.1) is 5.69 Å². The molecule has 0 bridgehead atoms. The Kier molecular flexibility index (Phi) is 4.21. The number of aliphatic hydroxyl groups is 1. The van der Waals surface area contributed by atoms with E-state index in [-0.39, 0.29) is 5.82 Å². The van der Waals surface area contributed by atoms with E-state index in [1.807, 2.05) is 48.5 Å². The topological polar surface area (TPSA) is 46.0 Å². The molecule has 0 saturated carbocycles. The van der Waals surface area contributed by atoms with Gasteiger partial charge in [-0.05, 0) is 60.9 Å². The van der Waals surface area contributed by atoms with Gasteiger partial charge in [0.15, 0.2) is 5.65 Å². The van der Waals surface area contributed by atoms with Gasteiger partial charge in [0.2, 0.25) is 0 Å². The lowest BCUT2D eigenvalue weighted by atomic mass is 9.96. The van der Waals surface area contributed by atoms with Gasteiger partial charge < -0.3 is 5.11 Å². The summed E-state index contributed by atoms with van der Waals surface area (Å²) in [5, 5.41) is 11.1. The number of nitrogens with zero attached hydrogens (tertiary/aromatic N) is 2. The van der Waals surface area contributed by atoms with Gasteiger partial charge in [-0.2, -0.15) is 0 Å². The Hall–Kier alpha value is -3.11. The number of benzene rings is 2. The lowest BCUT2D eigenvalue weighted by Gasteiger charge is -2.17. The molecule has 0 aliphatic heterocycles. The monoisotopic (exact) mass is 358 g/mol. The summed E-state index contributed by atoms with van der Waals surface area (Å²) in [5.74, 6) is -0.259. The Morgan fingerprint density at radius 2 is 1.63 bits per heavy atom. The number of hydrogen-bond acceptors (Lipinski definition) is 3. The average Bonchev–Trinajstić information content (AvgIpc) is 2.67. The number of pyridine rings is 2. The van der Waals surface area contributed by atoms with Crippen LogP contribution in [0.4, 0.5) is 4.39 Å². The summed E-state index contributed by atoms with van der Waals surface area (Å²) < 4.78 is 14.4. The highest BCUT2D eigenvalue weighted by Gasteiger charge is 2.19. The summed E-state index contributed by atoms with van der Waals surface area (Å²) in [6, 6.07) is 20.2. The highest BCUT2D eigenvalue weighted by molar-refractivity contribution is 5.93. The average molecular weight is 358 g/mol. The van der Waals surface area contributed by atoms with Crippen molar-refractivity contribution in [1.29, 1.82) is 0 Å². The third kappa shape index (κ3) is 3.32. The second-order valence-corrected chi connectivity index (χ2v) is 7.05. The normalized spacial score (nSPS) is 11.7. The molecule has 4 heteroatoms. The summed E-state index contributed by atoms with van der Waals surface area (Å²) in [4.78, 5) is 8.84. The summed E-state index contributed by atoms with van der Waals surface area (Å²) >= 11 is 0. The highest BCUT2D eigenvalue weighted by atomic mass is 19.1. The second kappa shape index (κ2) is 6.56. The minimum absolute atomic E-state index is 0.259. The molecule has 0 atom stereocenters. The first kappa shape index (κ1) is 17.3. The Morgan fingerprint density at radius 3 is 2.37 bits per heavy atom. The van der Waals surface area contributed by atoms with Crippen LogP contribution in [0.1, 0.15) is 19.5 Å². The predicted octanol–water partition coefficient (Wildman–Crippen LogP) is 5.33. The van der Waals surface area contributed by atoms with Gasteiger partial charge in [0.25, 0.3) is 0 Å². The molecule has 2 heterocycles. The maximum absolute atomic E-state index is 14.4. The Morgan fingerprint density at radius 1 is 0.852 bits per heavy atom. The summed E-state index contributed by atoms with van der Waals surface area (Å²) in [7, 11) is 0. The zero-order valence-corrected chi connectivity index (χ0v) is 15.1. The number of halogens is 1. The first-order valence-corrected chi connectivity index (χ1v) is 8.77. The van der Waals surface area contributed by atoms with E-state index in [4.69, 9.17) is 0 Å². The first-order valence-electron chi connectivity index (χ1n) is 8.77. The molecule has 0 unspecified atom stereocenters. The fourth-order valence-corrected chi connectivity index (χ4v) is 3.15. The molecule has 1 N–H and O–H groups in total. The predicted molar refractivity (Wildman–Crippen MR) is 106 cm³/mol. The molecular formula is C23H19FN2O. The molecule has 0 spiro atoms. The molecule has 27 heavy (non-hydrogen) atoms. The van der Waals surface area contributed by atoms with E-state index in [0.29, 0.717) is 16.9 Å². The largest absolute Gasteiger partial charge is 0.384 e. The number of hydrogen-bond donors (Lipinski definition) is 1. The van der Waals surface area contributed by atoms with Crippen LogP contribution in [0.2, 0.25) is 0 Å². The fourth-order valence-electron chi connectivity index (χ4n) is 3.15. The van der Waals surface area contributed by atoms with Crippen molar-refractivity contribution in [1.82, 2.24) is 9.97 Å². The molecule has 0 saturated heterocycles. The van der Waals surface area contributed by atoms with Gasteiger partial charge >= 0.3 is 0 Å². The number of aromatic nitrogens is 2. The van der Waals surface area contributed by atoms with Crippen LogP contribution in [-0.2, 0) is 5.60 Å². The van der Waals surface area contributed by atoms with Crippen molar-refractivity contribution >= 4 is 11.0 Å². The maximum atomic E-state index is 14.4. The zero-order valence-electron chi connectivity index (χ0n) is 15.1. The van der Waals surface area contributed by atoms with Crippen LogP contribution >= 0.6 is 0 Å². The van der Waals surface area contributed by atoms with Crippen molar-refractivity contribution in [2.75, 3.05) is 0 Å². The molecule has 0 amide bonds. The number of rotatable bonds is 3. The van der Waals surface area contributed by atoms with Crippen LogP contribution < -0.4 is 0 Å². The summed E-state index contributed by atoms with van der Waals surface area (Å²) in [6.45, 7) is 3.38. The van der Waals surface area contributed by atoms with Gasteiger partial charge in [0.1, 0.15) is 11.4 Å². The molecule has 4 rings (SSSR count). The smallest absolute Gasteiger partial charge is 0.160 e. The van der Waals surface area contributed by atoms with E-state index in [9.17, 15) is 9.50 Å². The lowest BCUT2D eigenvalue weighted by molar-refractivity contribution is 0.0742. The highest BCUT2D eigenvalue weighted by Crippen LogP contribution is 2.32. The van der Waals surface area contributed by atoms with Crippen LogP contribution in [0, 0.1) is 5.82 Å². The van der Waals surface area contributed by atoms with E-state index >= 15 is 0 Å². The van der Waals surface area contributed by atoms with Gasteiger partial charge in [-0.3, -0.25) is 0 Å². The van der Waals surface area contributed by atoms with Gasteiger partial charge in [-0.1, -0.05) is 36.4 Å². The van der Waals surface area contributed by atoms with E-state index in [2.05, 4.69) is 9.97 Å². The Labute approximate surface area is 157 Å². The van der Waals surface area contributed by atoms with E-state index in [1.165, 1.54) is 6.07 Å². The van der Waals surface area contributed by atoms with E-state index in [1.54, 1.807) is 32.2 Å². The second-order valence-electron chi connectivity index (χ2n) is 7.05. The van der Waals surface area contributed by atoms with Crippen LogP contribution in [0.3, 0.4) is 0 Å². The molecule has 134 valence electrons. The standard InChI is InChI=1S/C23H19FN2O/c1-23(2,27)21-11-9-18-17(12-13-25-22(18)26-21)16-8-10-20(24)19(14-16)15-6-4-3-5-7-15/h3-14,27H,1-2H3. The van der Waals surface area contributed by atoms with Crippen molar-refractivity contribution in [2.24, 2.45) is 0 Å². The Bertz CT molecular complexity index is 1120. The molecule has 0 aliphatic rings. The molecule has 0 fully saturated rings. The molecular weight excluding hydrogens is 339 g/mol. The van der Waals surface area contributed by atoms with Crippen LogP contribution in [0.5, 0.6) is 0 Å². The number of fused-ring (bicyclic) bond motifs is 1. The SMILES string of the molecule is CC(C)(O)c1ccc2c(-c3ccc(F)c(-c4ccccc4)c3)ccnc2n1. The van der Waals surface area contributed by atoms with E-state index < -0.39 is 5.60 Å². The molecule has 3 nitrogen and oxygen atoms in total. The van der Waals surface area contributed by atoms with Crippen molar-refractivity contribution in [3.63, 3.8) is 0 Å². The third-order valence-electron chi connectivity index (χ3n) is 4.59. The summed E-state index contributed by atoms with van der Waals surface area (Å²) in [6.07, 6.45) is 1.68. The molecule has 0 radical (unpaired) electrons. The molecule has 2 aromatic heterocycles. The van der Waals surface area contributed by atoms with Gasteiger partial charge in [-0.15, -0.1) is 0 Å². The van der Waals surface area contributed by atoms with Crippen molar-refractivity contribution in [3.05, 3.63) is 84.4 Å².